The van der Waals surface area contributed by atoms with Gasteiger partial charge in [0.1, 0.15) is 0 Å². The fourth-order valence-electron chi connectivity index (χ4n) is 1.14. The number of rotatable bonds is 5. The number of para-hydroxylation sites is 1. The molecule has 0 spiro atoms. The van der Waals surface area contributed by atoms with Crippen molar-refractivity contribution in [3.63, 3.8) is 0 Å². The molecule has 0 fully saturated rings. The van der Waals surface area contributed by atoms with Crippen molar-refractivity contribution in [3.05, 3.63) is 48.6 Å². The van der Waals surface area contributed by atoms with Crippen LogP contribution >= 0.6 is 0 Å². The standard InChI is InChI=1S/C12H15NO2/c1-4-10-7-5-6-8-11(10)13-9-12(14-2)15-3/h4-9,13H,1H2,2-3H3. The molecule has 1 N–H and O–H groups in total. The Bertz CT molecular complexity index is 352. The minimum atomic E-state index is 0.425. The molecule has 0 saturated heterocycles. The third-order valence-corrected chi connectivity index (χ3v) is 1.93. The Hall–Kier alpha value is -1.90. The summed E-state index contributed by atoms with van der Waals surface area (Å²) in [6.45, 7) is 3.74. The molecule has 0 atom stereocenters. The van der Waals surface area contributed by atoms with Gasteiger partial charge in [0.05, 0.1) is 20.4 Å². The van der Waals surface area contributed by atoms with Gasteiger partial charge in [-0.05, 0) is 11.6 Å². The lowest BCUT2D eigenvalue weighted by Crippen LogP contribution is -1.97. The van der Waals surface area contributed by atoms with Crippen LogP contribution in [0, 0.1) is 0 Å². The predicted molar refractivity (Wildman–Crippen MR) is 62.3 cm³/mol. The second-order valence-electron chi connectivity index (χ2n) is 2.81. The summed E-state index contributed by atoms with van der Waals surface area (Å²) in [6.07, 6.45) is 3.44. The van der Waals surface area contributed by atoms with Crippen LogP contribution in [-0.4, -0.2) is 14.2 Å². The molecule has 1 aromatic rings. The number of nitrogens with one attached hydrogen (secondary N) is 1. The fraction of sp³-hybridized carbons (Fsp3) is 0.167. The van der Waals surface area contributed by atoms with Gasteiger partial charge in [-0.15, -0.1) is 0 Å². The van der Waals surface area contributed by atoms with Crippen LogP contribution in [0.5, 0.6) is 0 Å². The number of ether oxygens (including phenoxy) is 2. The Labute approximate surface area is 90.0 Å². The smallest absolute Gasteiger partial charge is 0.295 e. The van der Waals surface area contributed by atoms with E-state index in [2.05, 4.69) is 11.9 Å². The van der Waals surface area contributed by atoms with E-state index >= 15 is 0 Å². The third-order valence-electron chi connectivity index (χ3n) is 1.93. The first-order valence-corrected chi connectivity index (χ1v) is 4.58. The minimum Gasteiger partial charge on any atom is -0.468 e. The molecular weight excluding hydrogens is 190 g/mol. The Morgan fingerprint density at radius 2 is 1.93 bits per heavy atom. The summed E-state index contributed by atoms with van der Waals surface area (Å²) in [6, 6.07) is 7.83. The van der Waals surface area contributed by atoms with Crippen molar-refractivity contribution in [2.45, 2.75) is 0 Å². The Morgan fingerprint density at radius 3 is 2.53 bits per heavy atom. The van der Waals surface area contributed by atoms with Crippen LogP contribution in [0.2, 0.25) is 0 Å². The topological polar surface area (TPSA) is 30.5 Å². The van der Waals surface area contributed by atoms with E-state index in [4.69, 9.17) is 9.47 Å². The summed E-state index contributed by atoms with van der Waals surface area (Å²) in [5.74, 6) is 0.425. The number of anilines is 1. The van der Waals surface area contributed by atoms with Crippen molar-refractivity contribution in [3.8, 4) is 0 Å². The second kappa shape index (κ2) is 5.75. The predicted octanol–water partition coefficient (Wildman–Crippen LogP) is 2.83. The molecule has 3 heteroatoms. The molecule has 0 aromatic heterocycles. The van der Waals surface area contributed by atoms with E-state index in [0.717, 1.165) is 11.3 Å². The average Bonchev–Trinajstić information content (AvgIpc) is 2.31. The maximum atomic E-state index is 4.95. The molecule has 0 amide bonds. The first kappa shape index (κ1) is 11.2. The number of methoxy groups -OCH3 is 2. The monoisotopic (exact) mass is 205 g/mol. The van der Waals surface area contributed by atoms with Gasteiger partial charge in [-0.1, -0.05) is 30.9 Å². The highest BCUT2D eigenvalue weighted by molar-refractivity contribution is 5.66. The maximum Gasteiger partial charge on any atom is 0.295 e. The van der Waals surface area contributed by atoms with Gasteiger partial charge >= 0.3 is 0 Å². The number of hydrogen-bond donors (Lipinski definition) is 1. The zero-order chi connectivity index (χ0) is 11.1. The lowest BCUT2D eigenvalue weighted by Gasteiger charge is -2.07. The van der Waals surface area contributed by atoms with Crippen molar-refractivity contribution in [2.24, 2.45) is 0 Å². The van der Waals surface area contributed by atoms with Gasteiger partial charge in [-0.3, -0.25) is 0 Å². The summed E-state index contributed by atoms with van der Waals surface area (Å²) < 4.78 is 9.89. The highest BCUT2D eigenvalue weighted by Crippen LogP contribution is 2.16. The average molecular weight is 205 g/mol. The molecule has 0 aliphatic rings. The van der Waals surface area contributed by atoms with Gasteiger partial charge in [-0.2, -0.15) is 0 Å². The van der Waals surface area contributed by atoms with E-state index in [1.165, 1.54) is 0 Å². The van der Waals surface area contributed by atoms with Crippen LogP contribution in [-0.2, 0) is 9.47 Å². The molecule has 0 radical (unpaired) electrons. The van der Waals surface area contributed by atoms with E-state index in [1.54, 1.807) is 26.5 Å². The molecule has 15 heavy (non-hydrogen) atoms. The van der Waals surface area contributed by atoms with E-state index in [9.17, 15) is 0 Å². The molecule has 0 heterocycles. The van der Waals surface area contributed by atoms with E-state index in [-0.39, 0.29) is 0 Å². The lowest BCUT2D eigenvalue weighted by atomic mass is 10.2. The van der Waals surface area contributed by atoms with Crippen LogP contribution < -0.4 is 5.32 Å². The van der Waals surface area contributed by atoms with Gasteiger partial charge in [0.25, 0.3) is 5.95 Å². The molecule has 1 rings (SSSR count). The summed E-state index contributed by atoms with van der Waals surface area (Å²) in [4.78, 5) is 0. The first-order valence-electron chi connectivity index (χ1n) is 4.58. The van der Waals surface area contributed by atoms with Crippen LogP contribution in [0.4, 0.5) is 5.69 Å². The summed E-state index contributed by atoms with van der Waals surface area (Å²) >= 11 is 0. The van der Waals surface area contributed by atoms with Crippen molar-refractivity contribution in [1.29, 1.82) is 0 Å². The van der Waals surface area contributed by atoms with E-state index in [1.807, 2.05) is 24.3 Å². The molecule has 0 bridgehead atoms. The van der Waals surface area contributed by atoms with Crippen LogP contribution in [0.3, 0.4) is 0 Å². The van der Waals surface area contributed by atoms with Gasteiger partial charge < -0.3 is 14.8 Å². The Kier molecular flexibility index (Phi) is 4.29. The normalized spacial score (nSPS) is 8.93. The number of hydrogen-bond acceptors (Lipinski definition) is 3. The SMILES string of the molecule is C=Cc1ccccc1NC=C(OC)OC. The Balaban J connectivity index is 2.80. The van der Waals surface area contributed by atoms with E-state index < -0.39 is 0 Å². The molecule has 80 valence electrons. The van der Waals surface area contributed by atoms with Crippen molar-refractivity contribution in [2.75, 3.05) is 19.5 Å². The zero-order valence-electron chi connectivity index (χ0n) is 8.99. The first-order chi connectivity index (χ1) is 7.31. The second-order valence-corrected chi connectivity index (χ2v) is 2.81. The Morgan fingerprint density at radius 1 is 1.27 bits per heavy atom. The van der Waals surface area contributed by atoms with Gasteiger partial charge in [0.15, 0.2) is 0 Å². The molecule has 0 unspecified atom stereocenters. The van der Waals surface area contributed by atoms with Crippen molar-refractivity contribution >= 4 is 11.8 Å². The highest BCUT2D eigenvalue weighted by Gasteiger charge is 1.97. The van der Waals surface area contributed by atoms with Crippen LogP contribution in [0.25, 0.3) is 6.08 Å². The van der Waals surface area contributed by atoms with Crippen LogP contribution in [0.15, 0.2) is 43.0 Å². The molecule has 1 aromatic carbocycles. The van der Waals surface area contributed by atoms with Gasteiger partial charge in [0.2, 0.25) is 0 Å². The largest absolute Gasteiger partial charge is 0.468 e. The fourth-order valence-corrected chi connectivity index (χ4v) is 1.14. The van der Waals surface area contributed by atoms with E-state index in [0.29, 0.717) is 5.95 Å². The van der Waals surface area contributed by atoms with Gasteiger partial charge in [0, 0.05) is 5.69 Å². The quantitative estimate of drug-likeness (QED) is 0.750. The molecule has 3 nitrogen and oxygen atoms in total. The zero-order valence-corrected chi connectivity index (χ0v) is 8.99. The molecule has 0 saturated carbocycles. The summed E-state index contributed by atoms with van der Waals surface area (Å²) in [5, 5.41) is 3.08. The highest BCUT2D eigenvalue weighted by atomic mass is 16.7. The third kappa shape index (κ3) is 3.06. The summed E-state index contributed by atoms with van der Waals surface area (Å²) in [5.41, 5.74) is 1.99. The maximum absolute atomic E-state index is 4.95. The van der Waals surface area contributed by atoms with Gasteiger partial charge in [-0.25, -0.2) is 0 Å². The minimum absolute atomic E-state index is 0.425. The van der Waals surface area contributed by atoms with Crippen molar-refractivity contribution in [1.82, 2.24) is 0 Å². The summed E-state index contributed by atoms with van der Waals surface area (Å²) in [7, 11) is 3.10. The lowest BCUT2D eigenvalue weighted by molar-refractivity contribution is 0.0950. The molecular formula is C12H15NO2. The van der Waals surface area contributed by atoms with Crippen LogP contribution in [0.1, 0.15) is 5.56 Å². The molecule has 0 aliphatic carbocycles. The number of benzene rings is 1. The molecule has 0 aliphatic heterocycles. The van der Waals surface area contributed by atoms with Crippen molar-refractivity contribution < 1.29 is 9.47 Å².